The number of carboxylic acid groups (broad SMARTS) is 1. The van der Waals surface area contributed by atoms with Gasteiger partial charge in [-0.25, -0.2) is 14.2 Å². The molecule has 0 fully saturated rings. The van der Waals surface area contributed by atoms with Crippen molar-refractivity contribution in [3.63, 3.8) is 0 Å². The Morgan fingerprint density at radius 1 is 1.58 bits per heavy atom. The van der Waals surface area contributed by atoms with E-state index in [4.69, 9.17) is 9.84 Å². The van der Waals surface area contributed by atoms with Crippen LogP contribution in [0.2, 0.25) is 0 Å². The molecule has 2 aromatic rings. The molecule has 0 unspecified atom stereocenters. The molecule has 0 spiro atoms. The molecule has 5 nitrogen and oxygen atoms in total. The number of hydrogen-bond donors (Lipinski definition) is 2. The predicted octanol–water partition coefficient (Wildman–Crippen LogP) is 2.60. The summed E-state index contributed by atoms with van der Waals surface area (Å²) in [5.74, 6) is -0.938. The van der Waals surface area contributed by atoms with Crippen LogP contribution in [0.4, 0.5) is 10.1 Å². The summed E-state index contributed by atoms with van der Waals surface area (Å²) >= 11 is 1.04. The minimum Gasteiger partial charge on any atom is -0.497 e. The van der Waals surface area contributed by atoms with E-state index in [1.165, 1.54) is 25.3 Å². The van der Waals surface area contributed by atoms with E-state index in [0.717, 1.165) is 11.3 Å². The molecule has 0 amide bonds. The number of carbonyl (C=O) groups is 1. The van der Waals surface area contributed by atoms with Gasteiger partial charge in [-0.2, -0.15) is 0 Å². The molecule has 0 saturated heterocycles. The van der Waals surface area contributed by atoms with Crippen LogP contribution in [0.15, 0.2) is 23.6 Å². The summed E-state index contributed by atoms with van der Waals surface area (Å²) < 4.78 is 18.5. The minimum atomic E-state index is -1.07. The van der Waals surface area contributed by atoms with Crippen LogP contribution in [0, 0.1) is 5.82 Å². The summed E-state index contributed by atoms with van der Waals surface area (Å²) in [5, 5.41) is 13.2. The number of anilines is 1. The number of nitrogens with one attached hydrogen (secondary N) is 1. The third-order valence-corrected chi connectivity index (χ3v) is 3.25. The highest BCUT2D eigenvalue weighted by atomic mass is 32.1. The van der Waals surface area contributed by atoms with Gasteiger partial charge in [-0.1, -0.05) is 0 Å². The fraction of sp³-hybridized carbons (Fsp3) is 0.167. The Balaban J connectivity index is 2.07. The number of carboxylic acids is 1. The van der Waals surface area contributed by atoms with Gasteiger partial charge in [-0.05, 0) is 12.1 Å². The van der Waals surface area contributed by atoms with Crippen molar-refractivity contribution >= 4 is 23.0 Å². The van der Waals surface area contributed by atoms with Crippen molar-refractivity contribution < 1.29 is 19.0 Å². The lowest BCUT2D eigenvalue weighted by Crippen LogP contribution is -2.03. The van der Waals surface area contributed by atoms with Crippen molar-refractivity contribution in [3.8, 4) is 5.75 Å². The van der Waals surface area contributed by atoms with Crippen molar-refractivity contribution in [1.82, 2.24) is 4.98 Å². The molecule has 0 aliphatic rings. The summed E-state index contributed by atoms with van der Waals surface area (Å²) in [6.45, 7) is 0.244. The maximum atomic E-state index is 13.5. The monoisotopic (exact) mass is 282 g/mol. The largest absolute Gasteiger partial charge is 0.497 e. The molecular weight excluding hydrogens is 271 g/mol. The van der Waals surface area contributed by atoms with E-state index in [9.17, 15) is 9.18 Å². The average Bonchev–Trinajstić information content (AvgIpc) is 2.87. The first kappa shape index (κ1) is 13.3. The van der Waals surface area contributed by atoms with E-state index in [2.05, 4.69) is 10.3 Å². The van der Waals surface area contributed by atoms with Crippen molar-refractivity contribution in [1.29, 1.82) is 0 Å². The van der Waals surface area contributed by atoms with E-state index in [1.54, 1.807) is 5.38 Å². The number of halogens is 1. The van der Waals surface area contributed by atoms with Gasteiger partial charge in [0.2, 0.25) is 5.01 Å². The predicted molar refractivity (Wildman–Crippen MR) is 69.4 cm³/mol. The van der Waals surface area contributed by atoms with Gasteiger partial charge in [0.15, 0.2) is 0 Å². The third kappa shape index (κ3) is 3.19. The fourth-order valence-corrected chi connectivity index (χ4v) is 2.09. The highest BCUT2D eigenvalue weighted by molar-refractivity contribution is 7.11. The number of thiazole rings is 1. The zero-order chi connectivity index (χ0) is 13.8. The second-order valence-corrected chi connectivity index (χ2v) is 4.51. The SMILES string of the molecule is COc1ccc(F)c(NCc2csc(C(=O)O)n2)c1. The third-order valence-electron chi connectivity index (χ3n) is 2.37. The number of hydrogen-bond acceptors (Lipinski definition) is 5. The van der Waals surface area contributed by atoms with Gasteiger partial charge in [0.25, 0.3) is 0 Å². The van der Waals surface area contributed by atoms with Crippen LogP contribution in [0.1, 0.15) is 15.5 Å². The Kier molecular flexibility index (Phi) is 3.96. The number of nitrogens with zero attached hydrogens (tertiary/aromatic N) is 1. The molecular formula is C12H11FN2O3S. The molecule has 0 aliphatic carbocycles. The second-order valence-electron chi connectivity index (χ2n) is 3.65. The normalized spacial score (nSPS) is 10.2. The molecule has 1 aromatic heterocycles. The van der Waals surface area contributed by atoms with Crippen LogP contribution < -0.4 is 10.1 Å². The molecule has 7 heteroatoms. The first-order valence-electron chi connectivity index (χ1n) is 5.35. The highest BCUT2D eigenvalue weighted by Crippen LogP contribution is 2.22. The van der Waals surface area contributed by atoms with E-state index in [0.29, 0.717) is 11.4 Å². The van der Waals surface area contributed by atoms with Crippen LogP contribution in [-0.4, -0.2) is 23.2 Å². The maximum Gasteiger partial charge on any atom is 0.365 e. The molecule has 0 aliphatic heterocycles. The minimum absolute atomic E-state index is 0.0166. The average molecular weight is 282 g/mol. The molecule has 0 bridgehead atoms. The van der Waals surface area contributed by atoms with Gasteiger partial charge in [0.05, 0.1) is 25.0 Å². The molecule has 0 atom stereocenters. The summed E-state index contributed by atoms with van der Waals surface area (Å²) in [6.07, 6.45) is 0. The summed E-state index contributed by atoms with van der Waals surface area (Å²) in [4.78, 5) is 14.6. The van der Waals surface area contributed by atoms with Gasteiger partial charge in [0, 0.05) is 11.4 Å². The zero-order valence-electron chi connectivity index (χ0n) is 10.0. The Hall–Kier alpha value is -2.15. The molecule has 100 valence electrons. The highest BCUT2D eigenvalue weighted by Gasteiger charge is 2.09. The van der Waals surface area contributed by atoms with Crippen molar-refractivity contribution in [2.24, 2.45) is 0 Å². The smallest absolute Gasteiger partial charge is 0.365 e. The molecule has 1 heterocycles. The van der Waals surface area contributed by atoms with Gasteiger partial charge in [0.1, 0.15) is 11.6 Å². The van der Waals surface area contributed by atoms with Gasteiger partial charge >= 0.3 is 5.97 Å². The van der Waals surface area contributed by atoms with Crippen LogP contribution in [-0.2, 0) is 6.54 Å². The van der Waals surface area contributed by atoms with Crippen molar-refractivity contribution in [2.45, 2.75) is 6.54 Å². The number of rotatable bonds is 5. The first-order chi connectivity index (χ1) is 9.10. The number of aromatic nitrogens is 1. The van der Waals surface area contributed by atoms with E-state index >= 15 is 0 Å². The van der Waals surface area contributed by atoms with Crippen molar-refractivity contribution in [3.05, 3.63) is 40.1 Å². The van der Waals surface area contributed by atoms with Gasteiger partial charge in [-0.15, -0.1) is 11.3 Å². The van der Waals surface area contributed by atoms with E-state index in [-0.39, 0.29) is 17.2 Å². The first-order valence-corrected chi connectivity index (χ1v) is 6.23. The standard InChI is InChI=1S/C12H11FN2O3S/c1-18-8-2-3-9(13)10(4-8)14-5-7-6-19-11(15-7)12(16)17/h2-4,6,14H,5H2,1H3,(H,16,17). The Bertz CT molecular complexity index is 600. The number of ether oxygens (including phenoxy) is 1. The van der Waals surface area contributed by atoms with E-state index < -0.39 is 11.8 Å². The Labute approximate surface area is 112 Å². The molecule has 1 aromatic carbocycles. The van der Waals surface area contributed by atoms with Crippen LogP contribution in [0.25, 0.3) is 0 Å². The van der Waals surface area contributed by atoms with Crippen molar-refractivity contribution in [2.75, 3.05) is 12.4 Å². The molecule has 0 radical (unpaired) electrons. The van der Waals surface area contributed by atoms with Gasteiger partial charge < -0.3 is 15.2 Å². The second kappa shape index (κ2) is 5.66. The summed E-state index contributed by atoms with van der Waals surface area (Å²) in [6, 6.07) is 4.34. The van der Waals surface area contributed by atoms with E-state index in [1.807, 2.05) is 0 Å². The maximum absolute atomic E-state index is 13.5. The number of methoxy groups -OCH3 is 1. The topological polar surface area (TPSA) is 71.5 Å². The fourth-order valence-electron chi connectivity index (χ4n) is 1.44. The number of benzene rings is 1. The van der Waals surface area contributed by atoms with Crippen LogP contribution >= 0.6 is 11.3 Å². The lowest BCUT2D eigenvalue weighted by Gasteiger charge is -2.07. The molecule has 19 heavy (non-hydrogen) atoms. The molecule has 2 rings (SSSR count). The van der Waals surface area contributed by atoms with Gasteiger partial charge in [-0.3, -0.25) is 0 Å². The van der Waals surface area contributed by atoms with Crippen LogP contribution in [0.5, 0.6) is 5.75 Å². The lowest BCUT2D eigenvalue weighted by atomic mass is 10.3. The lowest BCUT2D eigenvalue weighted by molar-refractivity contribution is 0.0696. The quantitative estimate of drug-likeness (QED) is 0.882. The molecule has 0 saturated carbocycles. The Morgan fingerprint density at radius 2 is 2.37 bits per heavy atom. The summed E-state index contributed by atoms with van der Waals surface area (Å²) in [5.41, 5.74) is 0.828. The van der Waals surface area contributed by atoms with Crippen LogP contribution in [0.3, 0.4) is 0 Å². The molecule has 2 N–H and O–H groups in total. The Morgan fingerprint density at radius 3 is 3.00 bits per heavy atom. The zero-order valence-corrected chi connectivity index (χ0v) is 10.8. The number of aromatic carboxylic acids is 1. The summed E-state index contributed by atoms with van der Waals surface area (Å²) in [7, 11) is 1.50.